The number of nitrogens with zero attached hydrogens (tertiary/aromatic N) is 2. The smallest absolute Gasteiger partial charge is 0.326 e. The zero-order valence-corrected chi connectivity index (χ0v) is 12.2. The van der Waals surface area contributed by atoms with Crippen LogP contribution < -0.4 is 10.6 Å². The van der Waals surface area contributed by atoms with E-state index in [0.29, 0.717) is 5.69 Å². The van der Waals surface area contributed by atoms with Crippen LogP contribution in [0.25, 0.3) is 0 Å². The Kier molecular flexibility index (Phi) is 4.36. The van der Waals surface area contributed by atoms with Crippen molar-refractivity contribution in [3.05, 3.63) is 40.9 Å². The largest absolute Gasteiger partial charge is 0.480 e. The van der Waals surface area contributed by atoms with Crippen LogP contribution in [0.1, 0.15) is 24.2 Å². The van der Waals surface area contributed by atoms with E-state index in [1.807, 2.05) is 36.9 Å². The lowest BCUT2D eigenvalue weighted by Gasteiger charge is -2.20. The van der Waals surface area contributed by atoms with Gasteiger partial charge in [0.15, 0.2) is 5.13 Å². The summed E-state index contributed by atoms with van der Waals surface area (Å²) >= 11 is 1.40. The Morgan fingerprint density at radius 1 is 1.55 bits per heavy atom. The van der Waals surface area contributed by atoms with Crippen molar-refractivity contribution in [2.45, 2.75) is 19.9 Å². The lowest BCUT2D eigenvalue weighted by molar-refractivity contribution is -0.138. The number of aryl methyl sites for hydroxylation is 1. The van der Waals surface area contributed by atoms with Crippen LogP contribution in [0.15, 0.2) is 29.6 Å². The maximum absolute atomic E-state index is 10.9. The van der Waals surface area contributed by atoms with E-state index >= 15 is 0 Å². The van der Waals surface area contributed by atoms with Crippen LogP contribution in [0, 0.1) is 6.92 Å². The summed E-state index contributed by atoms with van der Waals surface area (Å²) in [4.78, 5) is 17.3. The minimum absolute atomic E-state index is 0.392. The number of thiazole rings is 1. The van der Waals surface area contributed by atoms with Gasteiger partial charge in [-0.05, 0) is 31.5 Å². The molecule has 0 saturated heterocycles. The molecular weight excluding hydrogens is 274 g/mol. The monoisotopic (exact) mass is 291 g/mol. The average Bonchev–Trinajstić information content (AvgIpc) is 2.88. The van der Waals surface area contributed by atoms with E-state index in [4.69, 9.17) is 10.8 Å². The van der Waals surface area contributed by atoms with Crippen molar-refractivity contribution < 1.29 is 9.90 Å². The Labute approximate surface area is 121 Å². The number of anilines is 2. The predicted octanol–water partition coefficient (Wildman–Crippen LogP) is 2.69. The standard InChI is InChI=1S/C14H17N3O2S/c1-3-17(10-6-4-5-9(2)7-10)14-16-11(8-20-14)12(15)13(18)19/h4-8,12H,3,15H2,1-2H3,(H,18,19). The van der Waals surface area contributed by atoms with Crippen LogP contribution in [0.5, 0.6) is 0 Å². The van der Waals surface area contributed by atoms with Crippen molar-refractivity contribution in [1.29, 1.82) is 0 Å². The summed E-state index contributed by atoms with van der Waals surface area (Å²) in [6.45, 7) is 4.81. The first-order valence-electron chi connectivity index (χ1n) is 6.31. The normalized spacial score (nSPS) is 12.2. The molecule has 2 rings (SSSR count). The molecule has 1 aromatic carbocycles. The number of aliphatic carboxylic acids is 1. The minimum atomic E-state index is -1.07. The molecule has 0 radical (unpaired) electrons. The third-order valence-corrected chi connectivity index (χ3v) is 3.84. The van der Waals surface area contributed by atoms with Gasteiger partial charge in [0.2, 0.25) is 0 Å². The van der Waals surface area contributed by atoms with E-state index in [9.17, 15) is 4.79 Å². The van der Waals surface area contributed by atoms with Crippen LogP contribution >= 0.6 is 11.3 Å². The second-order valence-electron chi connectivity index (χ2n) is 4.45. The summed E-state index contributed by atoms with van der Waals surface area (Å²) < 4.78 is 0. The van der Waals surface area contributed by atoms with Gasteiger partial charge in [-0.15, -0.1) is 11.3 Å². The Bertz CT molecular complexity index is 612. The molecule has 20 heavy (non-hydrogen) atoms. The second-order valence-corrected chi connectivity index (χ2v) is 5.29. The molecule has 1 unspecified atom stereocenters. The lowest BCUT2D eigenvalue weighted by Crippen LogP contribution is -2.21. The molecule has 106 valence electrons. The summed E-state index contributed by atoms with van der Waals surface area (Å²) in [5.74, 6) is -1.07. The third-order valence-electron chi connectivity index (χ3n) is 2.95. The molecular formula is C14H17N3O2S. The number of nitrogens with two attached hydrogens (primary N) is 1. The topological polar surface area (TPSA) is 79.5 Å². The Morgan fingerprint density at radius 2 is 2.30 bits per heavy atom. The van der Waals surface area contributed by atoms with Crippen LogP contribution in [-0.2, 0) is 4.79 Å². The molecule has 0 bridgehead atoms. The van der Waals surface area contributed by atoms with Crippen LogP contribution in [0.4, 0.5) is 10.8 Å². The molecule has 0 aliphatic carbocycles. The van der Waals surface area contributed by atoms with Crippen molar-refractivity contribution in [2.75, 3.05) is 11.4 Å². The Morgan fingerprint density at radius 3 is 2.90 bits per heavy atom. The van der Waals surface area contributed by atoms with Crippen molar-refractivity contribution in [3.8, 4) is 0 Å². The molecule has 0 spiro atoms. The van der Waals surface area contributed by atoms with Gasteiger partial charge in [0.1, 0.15) is 6.04 Å². The first-order chi connectivity index (χ1) is 9.52. The molecule has 6 heteroatoms. The van der Waals surface area contributed by atoms with Gasteiger partial charge in [0.25, 0.3) is 0 Å². The fourth-order valence-electron chi connectivity index (χ4n) is 1.89. The number of carboxylic acid groups (broad SMARTS) is 1. The molecule has 1 heterocycles. The number of hydrogen-bond donors (Lipinski definition) is 2. The molecule has 0 amide bonds. The molecule has 0 aliphatic heterocycles. The van der Waals surface area contributed by atoms with Crippen LogP contribution in [0.3, 0.4) is 0 Å². The summed E-state index contributed by atoms with van der Waals surface area (Å²) in [5.41, 5.74) is 8.18. The second kappa shape index (κ2) is 6.02. The number of rotatable bonds is 5. The van der Waals surface area contributed by atoms with Gasteiger partial charge in [0.05, 0.1) is 5.69 Å². The van der Waals surface area contributed by atoms with Gasteiger partial charge in [-0.25, -0.2) is 4.98 Å². The van der Waals surface area contributed by atoms with Crippen molar-refractivity contribution in [3.63, 3.8) is 0 Å². The van der Waals surface area contributed by atoms with E-state index < -0.39 is 12.0 Å². The maximum Gasteiger partial charge on any atom is 0.326 e. The third kappa shape index (κ3) is 2.97. The zero-order chi connectivity index (χ0) is 14.7. The van der Waals surface area contributed by atoms with Crippen LogP contribution in [-0.4, -0.2) is 22.6 Å². The van der Waals surface area contributed by atoms with E-state index in [1.54, 1.807) is 5.38 Å². The molecule has 3 N–H and O–H groups in total. The molecule has 1 aromatic heterocycles. The van der Waals surface area contributed by atoms with Crippen molar-refractivity contribution >= 4 is 28.1 Å². The summed E-state index contributed by atoms with van der Waals surface area (Å²) in [6.07, 6.45) is 0. The molecule has 5 nitrogen and oxygen atoms in total. The highest BCUT2D eigenvalue weighted by molar-refractivity contribution is 7.13. The fourth-order valence-corrected chi connectivity index (χ4v) is 2.84. The van der Waals surface area contributed by atoms with Crippen molar-refractivity contribution in [1.82, 2.24) is 4.98 Å². The summed E-state index contributed by atoms with van der Waals surface area (Å²) in [6, 6.07) is 7.03. The molecule has 1 atom stereocenters. The van der Waals surface area contributed by atoms with Crippen LogP contribution in [0.2, 0.25) is 0 Å². The lowest BCUT2D eigenvalue weighted by atomic mass is 10.2. The highest BCUT2D eigenvalue weighted by Gasteiger charge is 2.19. The predicted molar refractivity (Wildman–Crippen MR) is 80.5 cm³/mol. The van der Waals surface area contributed by atoms with E-state index in [0.717, 1.165) is 17.4 Å². The first-order valence-corrected chi connectivity index (χ1v) is 7.19. The Balaban J connectivity index is 2.31. The highest BCUT2D eigenvalue weighted by atomic mass is 32.1. The number of aromatic nitrogens is 1. The van der Waals surface area contributed by atoms with Gasteiger partial charge in [-0.3, -0.25) is 4.79 Å². The van der Waals surface area contributed by atoms with Gasteiger partial charge in [-0.1, -0.05) is 12.1 Å². The zero-order valence-electron chi connectivity index (χ0n) is 11.4. The number of carboxylic acids is 1. The van der Waals surface area contributed by atoms with Gasteiger partial charge in [-0.2, -0.15) is 0 Å². The molecule has 0 fully saturated rings. The highest BCUT2D eigenvalue weighted by Crippen LogP contribution is 2.30. The number of carbonyl (C=O) groups is 1. The molecule has 0 aliphatic rings. The Hall–Kier alpha value is -1.92. The molecule has 2 aromatic rings. The maximum atomic E-state index is 10.9. The first kappa shape index (κ1) is 14.5. The minimum Gasteiger partial charge on any atom is -0.480 e. The fraction of sp³-hybridized carbons (Fsp3) is 0.286. The average molecular weight is 291 g/mol. The van der Waals surface area contributed by atoms with Gasteiger partial charge >= 0.3 is 5.97 Å². The SMILES string of the molecule is CCN(c1cccc(C)c1)c1nc(C(N)C(=O)O)cs1. The van der Waals surface area contributed by atoms with E-state index in [1.165, 1.54) is 16.9 Å². The van der Waals surface area contributed by atoms with Gasteiger partial charge in [0, 0.05) is 17.6 Å². The van der Waals surface area contributed by atoms with E-state index in [-0.39, 0.29) is 0 Å². The van der Waals surface area contributed by atoms with Gasteiger partial charge < -0.3 is 15.7 Å². The number of hydrogen-bond acceptors (Lipinski definition) is 5. The quantitative estimate of drug-likeness (QED) is 0.885. The summed E-state index contributed by atoms with van der Waals surface area (Å²) in [7, 11) is 0. The van der Waals surface area contributed by atoms with E-state index in [2.05, 4.69) is 11.1 Å². The summed E-state index contributed by atoms with van der Waals surface area (Å²) in [5, 5.41) is 11.4. The molecule has 0 saturated carbocycles. The number of benzene rings is 1. The van der Waals surface area contributed by atoms with Crippen molar-refractivity contribution in [2.24, 2.45) is 5.73 Å².